The SMILES string of the molecule is CCOc1ccc(N(CC(=O)N(Cc2ccc(Cl)cc2)C(Cc2ccccc2)C(=O)NCC(C)C)S(=O)(=O)c2ccc(C)cc2)cc1. The monoisotopic (exact) mass is 675 g/mol. The number of anilines is 1. The van der Waals surface area contributed by atoms with Gasteiger partial charge in [0.05, 0.1) is 17.2 Å². The van der Waals surface area contributed by atoms with Gasteiger partial charge in [-0.25, -0.2) is 8.42 Å². The number of hydrogen-bond donors (Lipinski definition) is 1. The van der Waals surface area contributed by atoms with Gasteiger partial charge in [0.2, 0.25) is 11.8 Å². The molecule has 4 aromatic rings. The number of amides is 2. The second-order valence-electron chi connectivity index (χ2n) is 11.7. The van der Waals surface area contributed by atoms with E-state index >= 15 is 0 Å². The highest BCUT2D eigenvalue weighted by Gasteiger charge is 2.34. The fourth-order valence-corrected chi connectivity index (χ4v) is 6.54. The molecule has 1 N–H and O–H groups in total. The average Bonchev–Trinajstić information content (AvgIpc) is 3.06. The molecule has 0 heterocycles. The van der Waals surface area contributed by atoms with Crippen LogP contribution in [0, 0.1) is 12.8 Å². The molecule has 0 saturated heterocycles. The summed E-state index contributed by atoms with van der Waals surface area (Å²) in [6, 6.07) is 28.6. The van der Waals surface area contributed by atoms with Crippen molar-refractivity contribution in [1.82, 2.24) is 10.2 Å². The molecule has 0 aromatic heterocycles. The lowest BCUT2D eigenvalue weighted by atomic mass is 10.0. The minimum Gasteiger partial charge on any atom is -0.494 e. The molecule has 0 radical (unpaired) electrons. The Labute approximate surface area is 283 Å². The molecule has 0 aliphatic heterocycles. The highest BCUT2D eigenvalue weighted by Crippen LogP contribution is 2.27. The summed E-state index contributed by atoms with van der Waals surface area (Å²) in [7, 11) is -4.20. The molecule has 1 unspecified atom stereocenters. The van der Waals surface area contributed by atoms with Gasteiger partial charge >= 0.3 is 0 Å². The Morgan fingerprint density at radius 2 is 1.49 bits per heavy atom. The second kappa shape index (κ2) is 16.5. The van der Waals surface area contributed by atoms with Crippen LogP contribution in [0.1, 0.15) is 37.5 Å². The Bertz CT molecular complexity index is 1710. The van der Waals surface area contributed by atoms with Gasteiger partial charge in [0.25, 0.3) is 10.0 Å². The minimum absolute atomic E-state index is 0.0459. The van der Waals surface area contributed by atoms with Crippen LogP contribution in [0.4, 0.5) is 5.69 Å². The molecule has 2 amide bonds. The largest absolute Gasteiger partial charge is 0.494 e. The van der Waals surface area contributed by atoms with E-state index in [1.807, 2.05) is 58.0 Å². The maximum Gasteiger partial charge on any atom is 0.264 e. The van der Waals surface area contributed by atoms with Gasteiger partial charge < -0.3 is 15.0 Å². The zero-order valence-electron chi connectivity index (χ0n) is 27.2. The zero-order chi connectivity index (χ0) is 34.0. The van der Waals surface area contributed by atoms with Crippen LogP contribution in [-0.4, -0.2) is 50.9 Å². The van der Waals surface area contributed by atoms with Gasteiger partial charge in [0.15, 0.2) is 0 Å². The first-order valence-electron chi connectivity index (χ1n) is 15.7. The summed E-state index contributed by atoms with van der Waals surface area (Å²) in [6.07, 6.45) is 0.234. The van der Waals surface area contributed by atoms with Crippen molar-refractivity contribution in [3.63, 3.8) is 0 Å². The first kappa shape index (κ1) is 35.5. The number of carbonyl (C=O) groups is 2. The molecule has 8 nitrogen and oxygen atoms in total. The number of carbonyl (C=O) groups excluding carboxylic acids is 2. The van der Waals surface area contributed by atoms with Crippen molar-refractivity contribution in [2.45, 2.75) is 51.6 Å². The maximum absolute atomic E-state index is 14.6. The number of benzene rings is 4. The van der Waals surface area contributed by atoms with Crippen molar-refractivity contribution < 1.29 is 22.7 Å². The fraction of sp³-hybridized carbons (Fsp3) is 0.297. The third kappa shape index (κ3) is 9.83. The quantitative estimate of drug-likeness (QED) is 0.152. The normalized spacial score (nSPS) is 12.0. The van der Waals surface area contributed by atoms with E-state index in [0.717, 1.165) is 21.0 Å². The molecule has 248 valence electrons. The molecule has 47 heavy (non-hydrogen) atoms. The van der Waals surface area contributed by atoms with Gasteiger partial charge in [-0.1, -0.05) is 85.6 Å². The van der Waals surface area contributed by atoms with Crippen LogP contribution in [0.3, 0.4) is 0 Å². The zero-order valence-corrected chi connectivity index (χ0v) is 28.8. The number of nitrogens with zero attached hydrogens (tertiary/aromatic N) is 2. The molecule has 0 aliphatic rings. The standard InChI is InChI=1S/C37H42ClN3O5S/c1-5-46-33-19-17-32(18-20-33)41(47(44,45)34-21-11-28(4)12-22-34)26-36(42)40(25-30-13-15-31(38)16-14-30)35(37(43)39-24-27(2)3)23-29-9-7-6-8-10-29/h6-22,27,35H,5,23-26H2,1-4H3,(H,39,43). The topological polar surface area (TPSA) is 96.0 Å². The van der Waals surface area contributed by atoms with Crippen LogP contribution < -0.4 is 14.4 Å². The van der Waals surface area contributed by atoms with Gasteiger partial charge in [-0.15, -0.1) is 0 Å². The van der Waals surface area contributed by atoms with Crippen molar-refractivity contribution in [2.24, 2.45) is 5.92 Å². The first-order valence-corrected chi connectivity index (χ1v) is 17.5. The van der Waals surface area contributed by atoms with Gasteiger partial charge in [-0.05, 0) is 79.4 Å². The Hall–Kier alpha value is -4.34. The molecule has 0 fully saturated rings. The van der Waals surface area contributed by atoms with Gasteiger partial charge in [0, 0.05) is 24.5 Å². The van der Waals surface area contributed by atoms with Crippen LogP contribution in [0.5, 0.6) is 5.75 Å². The minimum atomic E-state index is -4.20. The van der Waals surface area contributed by atoms with Gasteiger partial charge in [0.1, 0.15) is 18.3 Å². The summed E-state index contributed by atoms with van der Waals surface area (Å²) in [6.45, 7) is 8.11. The number of halogens is 1. The van der Waals surface area contributed by atoms with E-state index in [0.29, 0.717) is 23.9 Å². The van der Waals surface area contributed by atoms with Crippen molar-refractivity contribution in [3.8, 4) is 5.75 Å². The van der Waals surface area contributed by atoms with E-state index in [2.05, 4.69) is 5.32 Å². The molecule has 10 heteroatoms. The Balaban J connectivity index is 1.79. The average molecular weight is 676 g/mol. The van der Waals surface area contributed by atoms with E-state index in [4.69, 9.17) is 16.3 Å². The number of ether oxygens (including phenoxy) is 1. The molecule has 4 aromatic carbocycles. The van der Waals surface area contributed by atoms with Crippen molar-refractivity contribution >= 4 is 39.1 Å². The molecule has 0 spiro atoms. The number of nitrogens with one attached hydrogen (secondary N) is 1. The molecule has 0 saturated carbocycles. The lowest BCUT2D eigenvalue weighted by Gasteiger charge is -2.34. The third-order valence-electron chi connectivity index (χ3n) is 7.55. The summed E-state index contributed by atoms with van der Waals surface area (Å²) >= 11 is 6.16. The summed E-state index contributed by atoms with van der Waals surface area (Å²) in [5.74, 6) is -0.0973. The Kier molecular flexibility index (Phi) is 12.4. The van der Waals surface area contributed by atoms with Gasteiger partial charge in [-0.2, -0.15) is 0 Å². The van der Waals surface area contributed by atoms with E-state index in [9.17, 15) is 18.0 Å². The summed E-state index contributed by atoms with van der Waals surface area (Å²) < 4.78 is 35.1. The molecule has 0 bridgehead atoms. The van der Waals surface area contributed by atoms with E-state index in [1.165, 1.54) is 17.0 Å². The fourth-order valence-electron chi connectivity index (χ4n) is 5.00. The van der Waals surface area contributed by atoms with E-state index in [1.54, 1.807) is 60.7 Å². The molecule has 1 atom stereocenters. The van der Waals surface area contributed by atoms with Crippen LogP contribution >= 0.6 is 11.6 Å². The smallest absolute Gasteiger partial charge is 0.264 e. The van der Waals surface area contributed by atoms with Crippen LogP contribution in [0.25, 0.3) is 0 Å². The highest BCUT2D eigenvalue weighted by atomic mass is 35.5. The predicted molar refractivity (Wildman–Crippen MR) is 187 cm³/mol. The number of aryl methyl sites for hydroxylation is 1. The van der Waals surface area contributed by atoms with Crippen molar-refractivity contribution in [2.75, 3.05) is 24.0 Å². The van der Waals surface area contributed by atoms with Crippen molar-refractivity contribution in [1.29, 1.82) is 0 Å². The molecule has 4 rings (SSSR count). The predicted octanol–water partition coefficient (Wildman–Crippen LogP) is 6.65. The molecular weight excluding hydrogens is 634 g/mol. The van der Waals surface area contributed by atoms with Crippen LogP contribution in [-0.2, 0) is 32.6 Å². The van der Waals surface area contributed by atoms with E-state index in [-0.39, 0.29) is 35.4 Å². The summed E-state index contributed by atoms with van der Waals surface area (Å²) in [5, 5.41) is 3.53. The Morgan fingerprint density at radius 1 is 0.851 bits per heavy atom. The van der Waals surface area contributed by atoms with Crippen LogP contribution in [0.2, 0.25) is 5.02 Å². The number of rotatable bonds is 15. The van der Waals surface area contributed by atoms with E-state index < -0.39 is 28.5 Å². The lowest BCUT2D eigenvalue weighted by Crippen LogP contribution is -2.53. The second-order valence-corrected chi connectivity index (χ2v) is 14.0. The first-order chi connectivity index (χ1) is 22.5. The molecule has 0 aliphatic carbocycles. The maximum atomic E-state index is 14.6. The molecular formula is C37H42ClN3O5S. The van der Waals surface area contributed by atoms with Gasteiger partial charge in [-0.3, -0.25) is 13.9 Å². The van der Waals surface area contributed by atoms with Crippen LogP contribution in [0.15, 0.2) is 108 Å². The summed E-state index contributed by atoms with van der Waals surface area (Å²) in [5.41, 5.74) is 2.80. The summed E-state index contributed by atoms with van der Waals surface area (Å²) in [4.78, 5) is 30.0. The third-order valence-corrected chi connectivity index (χ3v) is 9.59. The Morgan fingerprint density at radius 3 is 2.09 bits per heavy atom. The number of hydrogen-bond acceptors (Lipinski definition) is 5. The number of sulfonamides is 1. The van der Waals surface area contributed by atoms with Crippen molar-refractivity contribution in [3.05, 3.63) is 125 Å². The highest BCUT2D eigenvalue weighted by molar-refractivity contribution is 7.92. The lowest BCUT2D eigenvalue weighted by molar-refractivity contribution is -0.140.